The first-order valence-electron chi connectivity index (χ1n) is 22.0. The van der Waals surface area contributed by atoms with E-state index in [0.717, 1.165) is 22.7 Å². The molecular weight excluding hydrogens is 793 g/mol. The SMILES string of the molecule is c1ccc(C2(c3ccccc3)c3ccccc3-c3cc(N(c4ccc(-c5cccc6c5sc5ccccc56)cc4)c4ccc(-n5c6ccccc6c6ccccc65)cc4)ccc32)cc1. The highest BCUT2D eigenvalue weighted by molar-refractivity contribution is 7.26. The Balaban J connectivity index is 0.991. The number of hydrogen-bond donors (Lipinski definition) is 0. The Hall–Kier alpha value is -7.98. The lowest BCUT2D eigenvalue weighted by atomic mass is 9.68. The summed E-state index contributed by atoms with van der Waals surface area (Å²) in [6.45, 7) is 0. The molecule has 300 valence electrons. The molecule has 0 bridgehead atoms. The Morgan fingerprint density at radius 3 is 1.56 bits per heavy atom. The van der Waals surface area contributed by atoms with Gasteiger partial charge in [0.15, 0.2) is 0 Å². The van der Waals surface area contributed by atoms with E-state index in [1.807, 2.05) is 11.3 Å². The van der Waals surface area contributed by atoms with Gasteiger partial charge in [-0.15, -0.1) is 11.3 Å². The van der Waals surface area contributed by atoms with Crippen molar-refractivity contribution in [2.45, 2.75) is 5.41 Å². The molecular formula is C61H40N2S. The van der Waals surface area contributed by atoms with E-state index in [-0.39, 0.29) is 0 Å². The predicted molar refractivity (Wildman–Crippen MR) is 271 cm³/mol. The van der Waals surface area contributed by atoms with Gasteiger partial charge in [-0.25, -0.2) is 0 Å². The first-order chi connectivity index (χ1) is 31.8. The van der Waals surface area contributed by atoms with Gasteiger partial charge in [0.1, 0.15) is 0 Å². The van der Waals surface area contributed by atoms with Crippen molar-refractivity contribution in [3.8, 4) is 27.9 Å². The quantitative estimate of drug-likeness (QED) is 0.155. The lowest BCUT2D eigenvalue weighted by Gasteiger charge is -2.34. The number of aromatic nitrogens is 1. The molecule has 0 N–H and O–H groups in total. The molecule has 0 spiro atoms. The Kier molecular flexibility index (Phi) is 8.34. The molecule has 0 unspecified atom stereocenters. The Morgan fingerprint density at radius 2 is 0.875 bits per heavy atom. The van der Waals surface area contributed by atoms with Crippen LogP contribution in [0.2, 0.25) is 0 Å². The molecule has 0 saturated heterocycles. The van der Waals surface area contributed by atoms with Gasteiger partial charge >= 0.3 is 0 Å². The molecule has 12 aromatic rings. The third kappa shape index (κ3) is 5.44. The van der Waals surface area contributed by atoms with Crippen molar-refractivity contribution >= 4 is 70.4 Å². The first kappa shape index (κ1) is 36.7. The molecule has 64 heavy (non-hydrogen) atoms. The summed E-state index contributed by atoms with van der Waals surface area (Å²) in [5.41, 5.74) is 16.5. The van der Waals surface area contributed by atoms with E-state index < -0.39 is 5.41 Å². The summed E-state index contributed by atoms with van der Waals surface area (Å²) >= 11 is 1.88. The summed E-state index contributed by atoms with van der Waals surface area (Å²) in [5, 5.41) is 5.15. The van der Waals surface area contributed by atoms with Crippen molar-refractivity contribution in [3.05, 3.63) is 265 Å². The molecule has 2 nitrogen and oxygen atoms in total. The van der Waals surface area contributed by atoms with Gasteiger partial charge in [0.2, 0.25) is 0 Å². The van der Waals surface area contributed by atoms with Gasteiger partial charge in [0, 0.05) is 53.7 Å². The maximum Gasteiger partial charge on any atom is 0.0713 e. The van der Waals surface area contributed by atoms with Gasteiger partial charge in [0.05, 0.1) is 16.4 Å². The monoisotopic (exact) mass is 832 g/mol. The van der Waals surface area contributed by atoms with Crippen LogP contribution in [0.3, 0.4) is 0 Å². The zero-order valence-corrected chi connectivity index (χ0v) is 35.7. The summed E-state index contributed by atoms with van der Waals surface area (Å²) < 4.78 is 5.03. The highest BCUT2D eigenvalue weighted by atomic mass is 32.1. The zero-order valence-electron chi connectivity index (χ0n) is 34.9. The second-order valence-corrected chi connectivity index (χ2v) is 17.9. The third-order valence-corrected chi connectivity index (χ3v) is 14.7. The molecule has 0 amide bonds. The maximum absolute atomic E-state index is 2.43. The summed E-state index contributed by atoms with van der Waals surface area (Å²) in [5.74, 6) is 0. The number of nitrogens with zero attached hydrogens (tertiary/aromatic N) is 2. The highest BCUT2D eigenvalue weighted by Crippen LogP contribution is 2.57. The van der Waals surface area contributed by atoms with E-state index in [0.29, 0.717) is 0 Å². The van der Waals surface area contributed by atoms with Crippen LogP contribution < -0.4 is 4.90 Å². The van der Waals surface area contributed by atoms with Gasteiger partial charge in [-0.3, -0.25) is 0 Å². The van der Waals surface area contributed by atoms with E-state index in [1.54, 1.807) is 0 Å². The Bertz CT molecular complexity index is 3620. The largest absolute Gasteiger partial charge is 0.310 e. The van der Waals surface area contributed by atoms with Crippen molar-refractivity contribution in [2.75, 3.05) is 4.90 Å². The van der Waals surface area contributed by atoms with E-state index >= 15 is 0 Å². The van der Waals surface area contributed by atoms with Crippen LogP contribution in [0.1, 0.15) is 22.3 Å². The molecule has 0 aliphatic heterocycles. The van der Waals surface area contributed by atoms with Crippen molar-refractivity contribution < 1.29 is 0 Å². The summed E-state index contributed by atoms with van der Waals surface area (Å²) in [4.78, 5) is 2.42. The average Bonchev–Trinajstić information content (AvgIpc) is 4.02. The predicted octanol–water partition coefficient (Wildman–Crippen LogP) is 16.7. The van der Waals surface area contributed by atoms with Crippen molar-refractivity contribution in [1.82, 2.24) is 4.57 Å². The minimum absolute atomic E-state index is 0.461. The molecule has 2 aromatic heterocycles. The Morgan fingerprint density at radius 1 is 0.359 bits per heavy atom. The van der Waals surface area contributed by atoms with Crippen LogP contribution in [-0.2, 0) is 5.41 Å². The van der Waals surface area contributed by atoms with Gasteiger partial charge in [0.25, 0.3) is 0 Å². The number of thiophene rings is 1. The standard InChI is InChI=1S/C61H40N2S/c1-3-16-42(17-4-1)61(43-18-5-2-6-19-43)55-26-11-7-20-49(55)54-40-47(38-39-56(54)61)62(44-32-30-41(31-33-44)48-24-15-25-53-52-23-10-14-29-59(52)64-60(48)53)45-34-36-46(37-35-45)63-57-27-12-8-21-50(57)51-22-9-13-28-58(51)63/h1-40H. The van der Waals surface area contributed by atoms with E-state index in [4.69, 9.17) is 0 Å². The van der Waals surface area contributed by atoms with Crippen LogP contribution in [-0.4, -0.2) is 4.57 Å². The van der Waals surface area contributed by atoms with Gasteiger partial charge in [-0.2, -0.15) is 0 Å². The molecule has 0 saturated carbocycles. The molecule has 1 aliphatic carbocycles. The molecule has 3 heteroatoms. The summed E-state index contributed by atoms with van der Waals surface area (Å²) in [6.07, 6.45) is 0. The topological polar surface area (TPSA) is 8.17 Å². The minimum Gasteiger partial charge on any atom is -0.310 e. The van der Waals surface area contributed by atoms with E-state index in [9.17, 15) is 0 Å². The minimum atomic E-state index is -0.461. The number of hydrogen-bond acceptors (Lipinski definition) is 2. The van der Waals surface area contributed by atoms with Crippen molar-refractivity contribution in [1.29, 1.82) is 0 Å². The number of benzene rings is 10. The van der Waals surface area contributed by atoms with Crippen LogP contribution in [0.4, 0.5) is 17.1 Å². The summed E-state index contributed by atoms with van der Waals surface area (Å²) in [7, 11) is 0. The molecule has 13 rings (SSSR count). The number of rotatable bonds is 7. The lowest BCUT2D eigenvalue weighted by molar-refractivity contribution is 0.768. The van der Waals surface area contributed by atoms with Gasteiger partial charge in [-0.05, 0) is 111 Å². The molecule has 0 radical (unpaired) electrons. The molecule has 0 atom stereocenters. The van der Waals surface area contributed by atoms with Crippen molar-refractivity contribution in [3.63, 3.8) is 0 Å². The van der Waals surface area contributed by atoms with Crippen LogP contribution in [0.15, 0.2) is 243 Å². The van der Waals surface area contributed by atoms with Crippen LogP contribution in [0.25, 0.3) is 69.9 Å². The number of fused-ring (bicyclic) bond motifs is 9. The number of anilines is 3. The van der Waals surface area contributed by atoms with Crippen LogP contribution in [0, 0.1) is 0 Å². The summed E-state index contributed by atoms with van der Waals surface area (Å²) in [6, 6.07) is 89.4. The fourth-order valence-electron chi connectivity index (χ4n) is 10.7. The van der Waals surface area contributed by atoms with Gasteiger partial charge in [-0.1, -0.05) is 176 Å². The second-order valence-electron chi connectivity index (χ2n) is 16.8. The maximum atomic E-state index is 2.43. The van der Waals surface area contributed by atoms with Gasteiger partial charge < -0.3 is 9.47 Å². The molecule has 1 aliphatic rings. The molecule has 10 aromatic carbocycles. The zero-order chi connectivity index (χ0) is 42.2. The molecule has 2 heterocycles. The third-order valence-electron chi connectivity index (χ3n) is 13.5. The number of para-hydroxylation sites is 2. The van der Waals surface area contributed by atoms with E-state index in [1.165, 1.54) is 86.5 Å². The average molecular weight is 833 g/mol. The smallest absolute Gasteiger partial charge is 0.0713 e. The second kappa shape index (κ2) is 14.6. The van der Waals surface area contributed by atoms with E-state index in [2.05, 4.69) is 252 Å². The normalized spacial score (nSPS) is 12.8. The first-order valence-corrected chi connectivity index (χ1v) is 22.8. The van der Waals surface area contributed by atoms with Crippen LogP contribution in [0.5, 0.6) is 0 Å². The highest BCUT2D eigenvalue weighted by Gasteiger charge is 2.46. The fraction of sp³-hybridized carbons (Fsp3) is 0.0164. The van der Waals surface area contributed by atoms with Crippen molar-refractivity contribution in [2.24, 2.45) is 0 Å². The fourth-order valence-corrected chi connectivity index (χ4v) is 12.0. The lowest BCUT2D eigenvalue weighted by Crippen LogP contribution is -2.28. The molecule has 0 fully saturated rings. The Labute approximate surface area is 376 Å². The van der Waals surface area contributed by atoms with Crippen LogP contribution >= 0.6 is 11.3 Å².